The van der Waals surface area contributed by atoms with Crippen molar-refractivity contribution < 1.29 is 0 Å². The minimum absolute atomic E-state index is 0.0954. The molecule has 0 fully saturated rings. The Hall–Kier alpha value is -12.8. The van der Waals surface area contributed by atoms with Crippen LogP contribution in [0.5, 0.6) is 0 Å². The first kappa shape index (κ1) is 76.3. The molecule has 0 aliphatic carbocycles. The molecule has 0 amide bonds. The smallest absolute Gasteiger partial charge is 0.252 e. The lowest BCUT2D eigenvalue weighted by Crippen LogP contribution is -2.61. The van der Waals surface area contributed by atoms with Crippen molar-refractivity contribution in [1.29, 1.82) is 0 Å². The second-order valence-electron chi connectivity index (χ2n) is 38.6. The van der Waals surface area contributed by atoms with Crippen molar-refractivity contribution in [2.45, 2.75) is 100 Å². The van der Waals surface area contributed by atoms with Gasteiger partial charge in [-0.05, 0) is 288 Å². The summed E-state index contributed by atoms with van der Waals surface area (Å²) in [6.07, 6.45) is 0. The molecule has 0 bridgehead atoms. The van der Waals surface area contributed by atoms with Crippen molar-refractivity contribution in [3.63, 3.8) is 0 Å². The van der Waals surface area contributed by atoms with Crippen LogP contribution in [0.4, 0.5) is 102 Å². The van der Waals surface area contributed by atoms with Gasteiger partial charge >= 0.3 is 0 Å². The Labute approximate surface area is 730 Å². The van der Waals surface area contributed by atoms with Crippen LogP contribution in [0, 0.1) is 41.5 Å². The summed E-state index contributed by atoms with van der Waals surface area (Å²) in [6, 6.07) is 129. The highest BCUT2D eigenvalue weighted by Crippen LogP contribution is 2.51. The predicted octanol–water partition coefficient (Wildman–Crippen LogP) is 22.4. The molecule has 0 aromatic heterocycles. The quantitative estimate of drug-likeness (QED) is 0.113. The van der Waals surface area contributed by atoms with Gasteiger partial charge in [0.15, 0.2) is 0 Å². The number of rotatable bonds is 12. The first-order chi connectivity index (χ1) is 59.3. The Balaban J connectivity index is 0.795. The van der Waals surface area contributed by atoms with Crippen LogP contribution < -0.4 is 94.1 Å². The highest BCUT2D eigenvalue weighted by atomic mass is 28.3. The fraction of sp³-hybridized carbons (Fsp3) is 0.135. The van der Waals surface area contributed by atoms with E-state index in [2.05, 4.69) is 457 Å². The van der Waals surface area contributed by atoms with Gasteiger partial charge in [0.2, 0.25) is 0 Å². The molecule has 6 aliphatic rings. The van der Waals surface area contributed by atoms with E-state index in [4.69, 9.17) is 0 Å². The Morgan fingerprint density at radius 1 is 0.171 bits per heavy atom. The van der Waals surface area contributed by atoms with Gasteiger partial charge in [-0.1, -0.05) is 272 Å². The fourth-order valence-corrected chi connectivity index (χ4v) is 24.4. The van der Waals surface area contributed by atoms with Gasteiger partial charge in [-0.3, -0.25) is 0 Å². The third-order valence-electron chi connectivity index (χ3n) is 27.2. The van der Waals surface area contributed by atoms with Crippen LogP contribution in [0.25, 0.3) is 33.4 Å². The van der Waals surface area contributed by atoms with Crippen molar-refractivity contribution in [2.24, 2.45) is 0 Å². The van der Waals surface area contributed by atoms with Gasteiger partial charge in [0.05, 0.1) is 24.2 Å². The summed E-state index contributed by atoms with van der Waals surface area (Å²) in [5.41, 5.74) is 47.4. The summed E-state index contributed by atoms with van der Waals surface area (Å²) in [5, 5.41) is 4.33. The summed E-state index contributed by atoms with van der Waals surface area (Å²) < 4.78 is 0. The van der Waals surface area contributed by atoms with Crippen LogP contribution >= 0.6 is 0 Å². The zero-order valence-corrected chi connectivity index (χ0v) is 76.1. The highest BCUT2D eigenvalue weighted by molar-refractivity contribution is 7.02. The summed E-state index contributed by atoms with van der Waals surface area (Å²) in [5.74, 6) is 0. The summed E-state index contributed by atoms with van der Waals surface area (Å²) in [6.45, 7) is 35.1. The van der Waals surface area contributed by atoms with E-state index >= 15 is 0 Å². The molecule has 0 radical (unpaired) electrons. The monoisotopic (exact) mass is 1630 g/mol. The van der Waals surface area contributed by atoms with Gasteiger partial charge in [-0.15, -0.1) is 0 Å². The number of aryl methyl sites for hydroxylation is 6. The molecule has 0 spiro atoms. The van der Waals surface area contributed by atoms with E-state index in [-0.39, 0.29) is 20.1 Å². The zero-order valence-electron chi connectivity index (χ0n) is 73.1. The molecule has 6 nitrogen and oxygen atoms in total. The van der Waals surface area contributed by atoms with Crippen LogP contribution in [0.3, 0.4) is 0 Å². The first-order valence-electron chi connectivity index (χ1n) is 43.9. The highest BCUT2D eigenvalue weighted by Gasteiger charge is 2.48. The average Bonchev–Trinajstić information content (AvgIpc) is 0.707. The maximum atomic E-state index is 2.59. The maximum Gasteiger partial charge on any atom is 0.252 e. The van der Waals surface area contributed by atoms with E-state index in [1.807, 2.05) is 0 Å². The molecule has 16 aromatic carbocycles. The van der Waals surface area contributed by atoms with Gasteiger partial charge in [0.1, 0.15) is 0 Å². The minimum Gasteiger partial charge on any atom is -0.311 e. The van der Waals surface area contributed by atoms with Crippen molar-refractivity contribution in [3.8, 4) is 33.4 Å². The molecule has 16 aromatic rings. The first-order valence-corrected chi connectivity index (χ1v) is 54.4. The normalized spacial score (nSPS) is 13.8. The number of nitrogens with zero attached hydrogens (tertiary/aromatic N) is 6. The Morgan fingerprint density at radius 2 is 0.358 bits per heavy atom. The lowest BCUT2D eigenvalue weighted by molar-refractivity contribution is 1.25. The van der Waals surface area contributed by atoms with Crippen LogP contribution in [0.15, 0.2) is 328 Å². The second kappa shape index (κ2) is 28.4. The van der Waals surface area contributed by atoms with Gasteiger partial charge < -0.3 is 29.4 Å². The van der Waals surface area contributed by atoms with Gasteiger partial charge in [-0.2, -0.15) is 0 Å². The SMILES string of the molecule is Cc1ccc(N2c3ccc(C)cc3B3c4cc(-c5cc(-c6ccc7c(c6)B6c8cc(C)ccc8N(c8ccc(C)cc8)c8cccc(c86)N7c6ccc([Si](C)(C)C)cc6)cc(-c6ccc7c(c6)B6c8cc(C)ccc8N(c8ccc(C)cc8)c8cccc(c86)N7c6ccc([Si](C)(C)C)cc6)c5)ccc4N(c4ccc([Si](C)(C)C)cc4)c4cccc2c43)cc1. The lowest BCUT2D eigenvalue weighted by atomic mass is 9.33. The predicted molar refractivity (Wildman–Crippen MR) is 542 cm³/mol. The molecule has 6 heterocycles. The molecule has 0 atom stereocenters. The molecule has 0 N–H and O–H groups in total. The summed E-state index contributed by atoms with van der Waals surface area (Å²) in [7, 11) is -4.99. The molecule has 6 aliphatic heterocycles. The molecule has 22 rings (SSSR count). The van der Waals surface area contributed by atoms with Crippen LogP contribution in [0.2, 0.25) is 58.9 Å². The van der Waals surface area contributed by atoms with Crippen LogP contribution in [-0.2, 0) is 0 Å². The summed E-state index contributed by atoms with van der Waals surface area (Å²) >= 11 is 0. The van der Waals surface area contributed by atoms with E-state index in [1.165, 1.54) is 166 Å². The average molecular weight is 1630 g/mol. The molecular formula is C111H99B3N6Si3. The number of benzene rings is 16. The van der Waals surface area contributed by atoms with E-state index < -0.39 is 24.2 Å². The largest absolute Gasteiger partial charge is 0.311 e. The van der Waals surface area contributed by atoms with Crippen molar-refractivity contribution in [2.75, 3.05) is 29.4 Å². The number of anilines is 18. The van der Waals surface area contributed by atoms with E-state index in [0.29, 0.717) is 0 Å². The molecule has 594 valence electrons. The molecular weight excluding hydrogens is 1530 g/mol. The van der Waals surface area contributed by atoms with Crippen LogP contribution in [-0.4, -0.2) is 44.4 Å². The van der Waals surface area contributed by atoms with E-state index in [1.54, 1.807) is 0 Å². The van der Waals surface area contributed by atoms with Crippen LogP contribution in [0.1, 0.15) is 33.4 Å². The van der Waals surface area contributed by atoms with Crippen molar-refractivity contribution in [1.82, 2.24) is 0 Å². The second-order valence-corrected chi connectivity index (χ2v) is 53.9. The Morgan fingerprint density at radius 3 is 0.569 bits per heavy atom. The van der Waals surface area contributed by atoms with Crippen molar-refractivity contribution in [3.05, 3.63) is 361 Å². The minimum atomic E-state index is -1.66. The standard InChI is InChI=1S/C111H99B3N6Si3/c1-70-25-37-82(38-26-70)115-97-55-31-73(4)61-91(97)112-94-67-76(34-58-100(94)118(106-22-16-19-103(115)109(106)112)85-43-49-88(50-44-85)121(7,8)9)79-64-80(77-35-59-101-95(68-77)113-92-62-74(5)32-56-98(92)116(83-39-27-71(2)28-40-83)104-20-17-23-107(110(104)113)119(101)86-45-51-89(52-46-86)122(10,11)12)66-81(65-79)78-36-60-102-96(69-78)114-93-63-75(6)33-57-99(93)117(84-41-29-72(3)30-42-84)105-21-18-24-108(111(105)114)120(102)87-47-53-90(54-48-87)123(13,14)15/h16-69H,1-15H3. The lowest BCUT2D eigenvalue weighted by Gasteiger charge is -2.44. The Bertz CT molecular complexity index is 6370. The fourth-order valence-electron chi connectivity index (χ4n) is 20.9. The molecule has 12 heteroatoms. The maximum absolute atomic E-state index is 2.59. The summed E-state index contributed by atoms with van der Waals surface area (Å²) in [4.78, 5) is 15.3. The molecule has 0 unspecified atom stereocenters. The van der Waals surface area contributed by atoms with Gasteiger partial charge in [0.25, 0.3) is 20.1 Å². The zero-order chi connectivity index (χ0) is 84.1. The topological polar surface area (TPSA) is 19.4 Å². The number of hydrogen-bond acceptors (Lipinski definition) is 6. The molecule has 0 saturated carbocycles. The third-order valence-corrected chi connectivity index (χ3v) is 33.4. The van der Waals surface area contributed by atoms with E-state index in [0.717, 1.165) is 67.5 Å². The van der Waals surface area contributed by atoms with Crippen molar-refractivity contribution >= 4 is 211 Å². The molecule has 0 saturated heterocycles. The van der Waals surface area contributed by atoms with Gasteiger partial charge in [-0.25, -0.2) is 0 Å². The number of hydrogen-bond donors (Lipinski definition) is 0. The Kier molecular flexibility index (Phi) is 17.6. The number of fused-ring (bicyclic) bond motifs is 12. The van der Waals surface area contributed by atoms with E-state index in [9.17, 15) is 0 Å². The molecule has 123 heavy (non-hydrogen) atoms. The third kappa shape index (κ3) is 12.5. The van der Waals surface area contributed by atoms with Gasteiger partial charge in [0, 0.05) is 102 Å².